The van der Waals surface area contributed by atoms with Crippen molar-refractivity contribution in [2.45, 2.75) is 13.8 Å². The number of hydrogen-bond donors (Lipinski definition) is 2. The number of H-pyrrole nitrogens is 1. The van der Waals surface area contributed by atoms with Gasteiger partial charge in [0, 0.05) is 10.4 Å². The number of aryl methyl sites for hydroxylation is 2. The van der Waals surface area contributed by atoms with Gasteiger partial charge in [0.25, 0.3) is 5.91 Å². The highest BCUT2D eigenvalue weighted by molar-refractivity contribution is 7.11. The van der Waals surface area contributed by atoms with E-state index >= 15 is 0 Å². The molecule has 0 saturated carbocycles. The van der Waals surface area contributed by atoms with Gasteiger partial charge in [-0.2, -0.15) is 10.2 Å². The Bertz CT molecular complexity index is 846. The first kappa shape index (κ1) is 15.2. The third-order valence-corrected chi connectivity index (χ3v) is 4.37. The maximum Gasteiger partial charge on any atom is 0.289 e. The summed E-state index contributed by atoms with van der Waals surface area (Å²) in [5.74, 6) is -0.318. The molecule has 23 heavy (non-hydrogen) atoms. The van der Waals surface area contributed by atoms with Gasteiger partial charge < -0.3 is 0 Å². The molecule has 1 amide bonds. The van der Waals surface area contributed by atoms with Crippen molar-refractivity contribution < 1.29 is 4.79 Å². The van der Waals surface area contributed by atoms with Crippen LogP contribution >= 0.6 is 11.3 Å². The third kappa shape index (κ3) is 3.54. The average molecular weight is 324 g/mol. The molecule has 6 heteroatoms. The van der Waals surface area contributed by atoms with Crippen LogP contribution in [0.5, 0.6) is 0 Å². The lowest BCUT2D eigenvalue weighted by Gasteiger charge is -1.96. The fourth-order valence-corrected chi connectivity index (χ4v) is 2.82. The van der Waals surface area contributed by atoms with Crippen molar-refractivity contribution in [2.75, 3.05) is 0 Å². The van der Waals surface area contributed by atoms with Crippen molar-refractivity contribution in [3.05, 3.63) is 63.5 Å². The Morgan fingerprint density at radius 3 is 2.74 bits per heavy atom. The maximum absolute atomic E-state index is 12.1. The first-order valence-corrected chi connectivity index (χ1v) is 8.01. The largest absolute Gasteiger partial charge is 0.289 e. The highest BCUT2D eigenvalue weighted by atomic mass is 32.1. The molecule has 2 heterocycles. The van der Waals surface area contributed by atoms with E-state index in [-0.39, 0.29) is 5.91 Å². The number of amides is 1. The smallest absolute Gasteiger partial charge is 0.272 e. The van der Waals surface area contributed by atoms with E-state index in [0.717, 1.165) is 21.7 Å². The molecular formula is C17H16N4OS. The van der Waals surface area contributed by atoms with E-state index in [4.69, 9.17) is 0 Å². The fourth-order valence-electron chi connectivity index (χ4n) is 2.04. The molecule has 0 fully saturated rings. The number of hydrogen-bond acceptors (Lipinski definition) is 4. The minimum absolute atomic E-state index is 0.318. The Labute approximate surface area is 138 Å². The van der Waals surface area contributed by atoms with Crippen molar-refractivity contribution in [1.82, 2.24) is 15.6 Å². The fraction of sp³-hybridized carbons (Fsp3) is 0.118. The van der Waals surface area contributed by atoms with Crippen molar-refractivity contribution in [3.8, 4) is 11.3 Å². The van der Waals surface area contributed by atoms with E-state index in [1.54, 1.807) is 23.6 Å². The summed E-state index contributed by atoms with van der Waals surface area (Å²) in [7, 11) is 0. The third-order valence-electron chi connectivity index (χ3n) is 3.42. The van der Waals surface area contributed by atoms with Crippen molar-refractivity contribution >= 4 is 23.5 Å². The second-order valence-electron chi connectivity index (χ2n) is 5.20. The lowest BCUT2D eigenvalue weighted by atomic mass is 10.1. The number of rotatable bonds is 4. The van der Waals surface area contributed by atoms with Crippen LogP contribution < -0.4 is 5.43 Å². The van der Waals surface area contributed by atoms with Crippen molar-refractivity contribution in [1.29, 1.82) is 0 Å². The van der Waals surface area contributed by atoms with Crippen LogP contribution in [0.15, 0.2) is 46.9 Å². The quantitative estimate of drug-likeness (QED) is 0.569. The SMILES string of the molecule is Cc1ccc(-c2cc(C(=O)N/N=C/c3sccc3C)[nH]n2)cc1. The van der Waals surface area contributed by atoms with Crippen molar-refractivity contribution in [2.24, 2.45) is 5.10 Å². The van der Waals surface area contributed by atoms with Crippen LogP contribution in [0.4, 0.5) is 0 Å². The summed E-state index contributed by atoms with van der Waals surface area (Å²) in [6.07, 6.45) is 1.65. The predicted molar refractivity (Wildman–Crippen MR) is 92.9 cm³/mol. The molecule has 0 aliphatic rings. The summed E-state index contributed by atoms with van der Waals surface area (Å²) in [6.45, 7) is 4.03. The van der Waals surface area contributed by atoms with Gasteiger partial charge in [0.05, 0.1) is 11.9 Å². The molecule has 0 atom stereocenters. The number of hydrazone groups is 1. The second kappa shape index (κ2) is 6.58. The van der Waals surface area contributed by atoms with Crippen LogP contribution in [0, 0.1) is 13.8 Å². The molecule has 2 N–H and O–H groups in total. The first-order chi connectivity index (χ1) is 11.1. The molecule has 1 aromatic carbocycles. The molecule has 116 valence electrons. The van der Waals surface area contributed by atoms with E-state index < -0.39 is 0 Å². The van der Waals surface area contributed by atoms with Crippen LogP contribution in [0.3, 0.4) is 0 Å². The molecule has 0 bridgehead atoms. The Kier molecular flexibility index (Phi) is 4.34. The normalized spacial score (nSPS) is 11.0. The molecule has 0 aliphatic heterocycles. The first-order valence-electron chi connectivity index (χ1n) is 7.13. The maximum atomic E-state index is 12.1. The van der Waals surface area contributed by atoms with Gasteiger partial charge in [-0.3, -0.25) is 9.89 Å². The van der Waals surface area contributed by atoms with Gasteiger partial charge in [-0.05, 0) is 36.9 Å². The molecule has 0 saturated heterocycles. The lowest BCUT2D eigenvalue weighted by Crippen LogP contribution is -2.17. The average Bonchev–Trinajstić information content (AvgIpc) is 3.18. The van der Waals surface area contributed by atoms with Crippen LogP contribution in [-0.2, 0) is 0 Å². The molecule has 5 nitrogen and oxygen atoms in total. The zero-order valence-electron chi connectivity index (χ0n) is 12.8. The van der Waals surface area contributed by atoms with Crippen LogP contribution in [0.1, 0.15) is 26.5 Å². The van der Waals surface area contributed by atoms with E-state index in [9.17, 15) is 4.79 Å². The molecule has 0 aliphatic carbocycles. The molecule has 0 spiro atoms. The number of carbonyl (C=O) groups is 1. The molecule has 3 aromatic rings. The second-order valence-corrected chi connectivity index (χ2v) is 6.15. The Morgan fingerprint density at radius 1 is 1.26 bits per heavy atom. The van der Waals surface area contributed by atoms with Crippen LogP contribution in [0.2, 0.25) is 0 Å². The number of benzene rings is 1. The summed E-state index contributed by atoms with van der Waals surface area (Å²) in [6, 6.07) is 11.7. The zero-order valence-corrected chi connectivity index (χ0v) is 13.6. The van der Waals surface area contributed by atoms with E-state index in [1.165, 1.54) is 5.56 Å². The van der Waals surface area contributed by atoms with E-state index in [0.29, 0.717) is 5.69 Å². The summed E-state index contributed by atoms with van der Waals surface area (Å²) in [4.78, 5) is 13.1. The number of nitrogens with one attached hydrogen (secondary N) is 2. The minimum atomic E-state index is -0.318. The molecule has 2 aromatic heterocycles. The highest BCUT2D eigenvalue weighted by Crippen LogP contribution is 2.18. The van der Waals surface area contributed by atoms with Gasteiger partial charge in [-0.25, -0.2) is 5.43 Å². The summed E-state index contributed by atoms with van der Waals surface area (Å²) in [5, 5.41) is 12.9. The predicted octanol–water partition coefficient (Wildman–Crippen LogP) is 3.52. The number of aromatic nitrogens is 2. The van der Waals surface area contributed by atoms with Gasteiger partial charge in [0.15, 0.2) is 0 Å². The number of nitrogens with zero attached hydrogens (tertiary/aromatic N) is 2. The van der Waals surface area contributed by atoms with Gasteiger partial charge in [-0.15, -0.1) is 11.3 Å². The Hall–Kier alpha value is -2.73. The zero-order chi connectivity index (χ0) is 16.2. The van der Waals surface area contributed by atoms with Gasteiger partial charge in [0.2, 0.25) is 0 Å². The number of carbonyl (C=O) groups excluding carboxylic acids is 1. The monoisotopic (exact) mass is 324 g/mol. The molecule has 0 unspecified atom stereocenters. The van der Waals surface area contributed by atoms with Gasteiger partial charge >= 0.3 is 0 Å². The summed E-state index contributed by atoms with van der Waals surface area (Å²) >= 11 is 1.58. The van der Waals surface area contributed by atoms with Crippen LogP contribution in [0.25, 0.3) is 11.3 Å². The standard InChI is InChI=1S/C17H16N4OS/c1-11-3-5-13(6-4-11)14-9-15(20-19-14)17(22)21-18-10-16-12(2)7-8-23-16/h3-10H,1-2H3,(H,19,20)(H,21,22)/b18-10+. The lowest BCUT2D eigenvalue weighted by molar-refractivity contribution is 0.0950. The van der Waals surface area contributed by atoms with E-state index in [1.807, 2.05) is 49.6 Å². The van der Waals surface area contributed by atoms with E-state index in [2.05, 4.69) is 20.7 Å². The van der Waals surface area contributed by atoms with Gasteiger partial charge in [0.1, 0.15) is 5.69 Å². The highest BCUT2D eigenvalue weighted by Gasteiger charge is 2.10. The Balaban J connectivity index is 1.68. The van der Waals surface area contributed by atoms with Crippen LogP contribution in [-0.4, -0.2) is 22.3 Å². The molecule has 0 radical (unpaired) electrons. The van der Waals surface area contributed by atoms with Gasteiger partial charge in [-0.1, -0.05) is 29.8 Å². The summed E-state index contributed by atoms with van der Waals surface area (Å²) in [5.41, 5.74) is 6.89. The molecular weight excluding hydrogens is 308 g/mol. The Morgan fingerprint density at radius 2 is 2.04 bits per heavy atom. The topological polar surface area (TPSA) is 70.1 Å². The molecule has 3 rings (SSSR count). The van der Waals surface area contributed by atoms with Crippen molar-refractivity contribution in [3.63, 3.8) is 0 Å². The summed E-state index contributed by atoms with van der Waals surface area (Å²) < 4.78 is 0. The minimum Gasteiger partial charge on any atom is -0.272 e. The number of aromatic amines is 1. The number of thiophene rings is 1.